The third-order valence-electron chi connectivity index (χ3n) is 7.69. The number of ether oxygens (including phenoxy) is 2. The lowest BCUT2D eigenvalue weighted by atomic mass is 9.63. The summed E-state index contributed by atoms with van der Waals surface area (Å²) in [6.07, 6.45) is 0.0103. The SMILES string of the molecule is C[C@@H](OC(=O)OCc1ccc([N+](=O)[O-])cc1)[C@]1(Cc2ccc([N+](=O)[O-])cc2)C(=O)N2C(C(=O)O)=C([S@+]([O-])c3ncccn3)C[C@H]21. The number of β-lactam (4-membered cyclic amide) rings is 1. The molecule has 1 amide bonds. The molecule has 0 spiro atoms. The number of carboxylic acids is 1. The number of hydrogen-bond donors (Lipinski definition) is 1. The molecule has 1 aromatic heterocycles. The largest absolute Gasteiger partial charge is 0.604 e. The summed E-state index contributed by atoms with van der Waals surface area (Å²) < 4.78 is 24.1. The van der Waals surface area contributed by atoms with Crippen LogP contribution in [0.15, 0.2) is 82.7 Å². The van der Waals surface area contributed by atoms with E-state index in [4.69, 9.17) is 9.47 Å². The molecular weight excluding hydrogens is 614 g/mol. The third-order valence-corrected chi connectivity index (χ3v) is 9.04. The number of hydrogen-bond acceptors (Lipinski definition) is 12. The second kappa shape index (κ2) is 12.3. The number of non-ortho nitro benzene ring substituents is 2. The first-order valence-electron chi connectivity index (χ1n) is 13.2. The summed E-state index contributed by atoms with van der Waals surface area (Å²) in [6, 6.07) is 11.2. The van der Waals surface area contributed by atoms with Gasteiger partial charge in [0.15, 0.2) is 10.6 Å². The number of benzene rings is 2. The Labute approximate surface area is 256 Å². The minimum Gasteiger partial charge on any atom is -0.604 e. The van der Waals surface area contributed by atoms with Crippen LogP contribution in [0, 0.1) is 25.6 Å². The van der Waals surface area contributed by atoms with Crippen LogP contribution in [0.3, 0.4) is 0 Å². The summed E-state index contributed by atoms with van der Waals surface area (Å²) in [4.78, 5) is 68.8. The minimum atomic E-state index is -2.13. The zero-order valence-corrected chi connectivity index (χ0v) is 24.1. The van der Waals surface area contributed by atoms with Gasteiger partial charge in [0.05, 0.1) is 27.1 Å². The molecule has 45 heavy (non-hydrogen) atoms. The van der Waals surface area contributed by atoms with Crippen molar-refractivity contribution in [1.82, 2.24) is 14.9 Å². The van der Waals surface area contributed by atoms with Gasteiger partial charge in [0, 0.05) is 43.1 Å². The van der Waals surface area contributed by atoms with E-state index in [1.54, 1.807) is 0 Å². The summed E-state index contributed by atoms with van der Waals surface area (Å²) in [5.41, 5.74) is -1.51. The first-order chi connectivity index (χ1) is 21.4. The van der Waals surface area contributed by atoms with Gasteiger partial charge in [-0.1, -0.05) is 12.1 Å². The van der Waals surface area contributed by atoms with Crippen molar-refractivity contribution in [3.05, 3.63) is 109 Å². The number of carboxylic acid groups (broad SMARTS) is 1. The summed E-state index contributed by atoms with van der Waals surface area (Å²) in [7, 11) is 0. The van der Waals surface area contributed by atoms with E-state index in [9.17, 15) is 44.3 Å². The average Bonchev–Trinajstić information content (AvgIpc) is 3.40. The van der Waals surface area contributed by atoms with Crippen molar-refractivity contribution < 1.29 is 43.4 Å². The Hall–Kier alpha value is -5.42. The molecule has 1 saturated heterocycles. The fourth-order valence-electron chi connectivity index (χ4n) is 5.48. The molecule has 0 aliphatic carbocycles. The monoisotopic (exact) mass is 637 g/mol. The number of carbonyl (C=O) groups is 3. The minimum absolute atomic E-state index is 0.0921. The first kappa shape index (κ1) is 31.0. The first-order valence-corrected chi connectivity index (χ1v) is 14.4. The summed E-state index contributed by atoms with van der Waals surface area (Å²) in [5, 5.41) is 31.9. The maximum Gasteiger partial charge on any atom is 0.508 e. The predicted molar refractivity (Wildman–Crippen MR) is 151 cm³/mol. The zero-order chi connectivity index (χ0) is 32.5. The molecule has 3 heterocycles. The van der Waals surface area contributed by atoms with Gasteiger partial charge in [-0.3, -0.25) is 29.9 Å². The van der Waals surface area contributed by atoms with Crippen LogP contribution in [0.5, 0.6) is 0 Å². The smallest absolute Gasteiger partial charge is 0.508 e. The Morgan fingerprint density at radius 2 is 1.60 bits per heavy atom. The van der Waals surface area contributed by atoms with Gasteiger partial charge in [-0.2, -0.15) is 9.97 Å². The molecule has 2 aliphatic heterocycles. The molecule has 0 radical (unpaired) electrons. The predicted octanol–water partition coefficient (Wildman–Crippen LogP) is 3.28. The van der Waals surface area contributed by atoms with Gasteiger partial charge < -0.3 is 19.1 Å². The highest BCUT2D eigenvalue weighted by Gasteiger charge is 2.70. The number of amides is 1. The highest BCUT2D eigenvalue weighted by atomic mass is 32.2. The van der Waals surface area contributed by atoms with Crippen molar-refractivity contribution in [1.29, 1.82) is 0 Å². The molecule has 2 aliphatic rings. The van der Waals surface area contributed by atoms with Crippen LogP contribution in [-0.2, 0) is 43.3 Å². The summed E-state index contributed by atoms with van der Waals surface area (Å²) in [6.45, 7) is 1.14. The Morgan fingerprint density at radius 3 is 2.13 bits per heavy atom. The molecular formula is C28H23N5O11S. The Bertz CT molecular complexity index is 1700. The van der Waals surface area contributed by atoms with E-state index in [0.717, 1.165) is 4.90 Å². The molecule has 2 aromatic carbocycles. The van der Waals surface area contributed by atoms with Gasteiger partial charge >= 0.3 is 17.3 Å². The van der Waals surface area contributed by atoms with E-state index in [2.05, 4.69) is 9.97 Å². The molecule has 17 heteroatoms. The molecule has 232 valence electrons. The van der Waals surface area contributed by atoms with Crippen LogP contribution in [-0.4, -0.2) is 64.6 Å². The van der Waals surface area contributed by atoms with Crippen LogP contribution < -0.4 is 0 Å². The average molecular weight is 638 g/mol. The fourth-order valence-corrected chi connectivity index (χ4v) is 6.69. The molecule has 5 rings (SSSR count). The molecule has 1 fully saturated rings. The number of nitrogens with zero attached hydrogens (tertiary/aromatic N) is 5. The second-order valence-corrected chi connectivity index (χ2v) is 11.5. The standard InChI is InChI=1S/C28H23N5O11S/c1-16(44-27(37)43-15-18-5-9-20(10-6-18)33(40)41)28(14-17-3-7-19(8-4-17)32(38)39)22-13-21(23(24(34)35)31(22)25(28)36)45(42)26-29-11-2-12-30-26/h2-12,16,22H,13-15H2,1H3,(H,34,35)/t16-,22+,28+,45+/m1/s1. The molecule has 0 unspecified atom stereocenters. The van der Waals surface area contributed by atoms with E-state index < -0.39 is 62.3 Å². The molecule has 0 saturated carbocycles. The van der Waals surface area contributed by atoms with Crippen LogP contribution in [0.25, 0.3) is 0 Å². The van der Waals surface area contributed by atoms with Gasteiger partial charge in [-0.05, 0) is 42.7 Å². The highest BCUT2D eigenvalue weighted by molar-refractivity contribution is 7.95. The fraction of sp³-hybridized carbons (Fsp3) is 0.250. The van der Waals surface area contributed by atoms with E-state index in [1.165, 1.54) is 73.9 Å². The Balaban J connectivity index is 1.42. The highest BCUT2D eigenvalue weighted by Crippen LogP contribution is 2.55. The summed E-state index contributed by atoms with van der Waals surface area (Å²) in [5.74, 6) is -2.22. The van der Waals surface area contributed by atoms with E-state index in [-0.39, 0.29) is 40.9 Å². The van der Waals surface area contributed by atoms with Crippen molar-refractivity contribution in [2.45, 2.75) is 43.7 Å². The van der Waals surface area contributed by atoms with Crippen molar-refractivity contribution >= 4 is 40.6 Å². The normalized spacial score (nSPS) is 20.1. The number of nitro benzene ring substituents is 2. The Morgan fingerprint density at radius 1 is 1.04 bits per heavy atom. The number of carbonyl (C=O) groups excluding carboxylic acids is 2. The molecule has 0 bridgehead atoms. The topological polar surface area (TPSA) is 228 Å². The van der Waals surface area contributed by atoms with Crippen LogP contribution in [0.4, 0.5) is 16.2 Å². The third kappa shape index (κ3) is 5.77. The van der Waals surface area contributed by atoms with E-state index in [0.29, 0.717) is 11.1 Å². The molecule has 3 aromatic rings. The quantitative estimate of drug-likeness (QED) is 0.0795. The number of aliphatic carboxylic acids is 1. The Kier molecular flexibility index (Phi) is 8.47. The van der Waals surface area contributed by atoms with Crippen molar-refractivity contribution in [3.63, 3.8) is 0 Å². The van der Waals surface area contributed by atoms with Gasteiger partial charge in [-0.15, -0.1) is 0 Å². The van der Waals surface area contributed by atoms with Crippen LogP contribution in [0.2, 0.25) is 0 Å². The number of nitro groups is 2. The molecule has 16 nitrogen and oxygen atoms in total. The van der Waals surface area contributed by atoms with Crippen LogP contribution >= 0.6 is 0 Å². The number of aromatic nitrogens is 2. The maximum absolute atomic E-state index is 14.0. The summed E-state index contributed by atoms with van der Waals surface area (Å²) >= 11 is -2.13. The lowest BCUT2D eigenvalue weighted by Gasteiger charge is -2.55. The van der Waals surface area contributed by atoms with Crippen LogP contribution in [0.1, 0.15) is 24.5 Å². The molecule has 4 atom stereocenters. The maximum atomic E-state index is 14.0. The number of rotatable bonds is 11. The van der Waals surface area contributed by atoms with Gasteiger partial charge in [0.1, 0.15) is 18.1 Å². The van der Waals surface area contributed by atoms with Gasteiger partial charge in [0.2, 0.25) is 5.91 Å². The van der Waals surface area contributed by atoms with Crippen molar-refractivity contribution in [2.75, 3.05) is 0 Å². The second-order valence-electron chi connectivity index (χ2n) is 10.1. The van der Waals surface area contributed by atoms with Gasteiger partial charge in [-0.25, -0.2) is 9.59 Å². The van der Waals surface area contributed by atoms with E-state index >= 15 is 0 Å². The number of fused-ring (bicyclic) bond motifs is 1. The zero-order valence-electron chi connectivity index (χ0n) is 23.3. The lowest BCUT2D eigenvalue weighted by Crippen LogP contribution is -2.72. The molecule has 1 N–H and O–H groups in total. The van der Waals surface area contributed by atoms with Gasteiger partial charge in [0.25, 0.3) is 11.4 Å². The van der Waals surface area contributed by atoms with Crippen molar-refractivity contribution in [2.24, 2.45) is 5.41 Å². The lowest BCUT2D eigenvalue weighted by molar-refractivity contribution is -0.385. The van der Waals surface area contributed by atoms with E-state index in [1.807, 2.05) is 0 Å². The van der Waals surface area contributed by atoms with Crippen molar-refractivity contribution in [3.8, 4) is 0 Å².